The predicted molar refractivity (Wildman–Crippen MR) is 80.1 cm³/mol. The zero-order valence-electron chi connectivity index (χ0n) is 13.1. The van der Waals surface area contributed by atoms with E-state index in [4.69, 9.17) is 14.6 Å². The van der Waals surface area contributed by atoms with Gasteiger partial charge in [-0.15, -0.1) is 6.58 Å². The minimum atomic E-state index is -1.21. The van der Waals surface area contributed by atoms with Crippen LogP contribution in [0.2, 0.25) is 0 Å². The average molecular weight is 323 g/mol. The first-order valence-electron chi connectivity index (χ1n) is 7.44. The molecule has 7 heteroatoms. The molecule has 2 rings (SSSR count). The lowest BCUT2D eigenvalue weighted by molar-refractivity contribution is -0.153. The largest absolute Gasteiger partial charge is 0.459 e. The molecule has 0 aromatic heterocycles. The SMILES string of the molecule is C=CC1(COC(=O)C(=C)C)OCC2C(=O)N(CCCO)C(=O)C21. The molecule has 2 fully saturated rings. The summed E-state index contributed by atoms with van der Waals surface area (Å²) in [4.78, 5) is 37.7. The lowest BCUT2D eigenvalue weighted by Crippen LogP contribution is -2.45. The summed E-state index contributed by atoms with van der Waals surface area (Å²) in [6.07, 6.45) is 1.74. The molecule has 0 radical (unpaired) electrons. The number of amides is 2. The fourth-order valence-corrected chi connectivity index (χ4v) is 2.97. The molecule has 0 aromatic carbocycles. The van der Waals surface area contributed by atoms with Crippen LogP contribution in [0.5, 0.6) is 0 Å². The van der Waals surface area contributed by atoms with Gasteiger partial charge >= 0.3 is 5.97 Å². The summed E-state index contributed by atoms with van der Waals surface area (Å²) in [6, 6.07) is 0. The number of ether oxygens (including phenoxy) is 2. The zero-order valence-corrected chi connectivity index (χ0v) is 13.1. The van der Waals surface area contributed by atoms with E-state index in [0.29, 0.717) is 6.42 Å². The number of likely N-dealkylation sites (tertiary alicyclic amines) is 1. The number of aliphatic hydroxyl groups excluding tert-OH is 1. The minimum Gasteiger partial charge on any atom is -0.459 e. The van der Waals surface area contributed by atoms with Crippen LogP contribution in [-0.2, 0) is 23.9 Å². The molecule has 1 N–H and O–H groups in total. The molecule has 7 nitrogen and oxygen atoms in total. The fourth-order valence-electron chi connectivity index (χ4n) is 2.97. The summed E-state index contributed by atoms with van der Waals surface area (Å²) in [5.74, 6) is -2.65. The Labute approximate surface area is 134 Å². The number of carbonyl (C=O) groups is 3. The summed E-state index contributed by atoms with van der Waals surface area (Å²) >= 11 is 0. The predicted octanol–water partition coefficient (Wildman–Crippen LogP) is 0.0443. The van der Waals surface area contributed by atoms with Gasteiger partial charge in [-0.3, -0.25) is 14.5 Å². The maximum absolute atomic E-state index is 12.6. The van der Waals surface area contributed by atoms with Crippen LogP contribution >= 0.6 is 0 Å². The van der Waals surface area contributed by atoms with Crippen LogP contribution in [-0.4, -0.2) is 59.8 Å². The van der Waals surface area contributed by atoms with Crippen molar-refractivity contribution < 1.29 is 29.0 Å². The number of rotatable bonds is 7. The van der Waals surface area contributed by atoms with E-state index in [-0.39, 0.29) is 43.8 Å². The number of hydrogen-bond acceptors (Lipinski definition) is 6. The molecule has 126 valence electrons. The van der Waals surface area contributed by atoms with Gasteiger partial charge in [0.15, 0.2) is 0 Å². The van der Waals surface area contributed by atoms with E-state index < -0.39 is 23.4 Å². The van der Waals surface area contributed by atoms with Crippen LogP contribution in [0.3, 0.4) is 0 Å². The first kappa shape index (κ1) is 17.4. The van der Waals surface area contributed by atoms with Crippen LogP contribution in [0.25, 0.3) is 0 Å². The highest BCUT2D eigenvalue weighted by atomic mass is 16.6. The van der Waals surface area contributed by atoms with E-state index in [1.54, 1.807) is 0 Å². The van der Waals surface area contributed by atoms with Gasteiger partial charge in [0.1, 0.15) is 12.2 Å². The molecule has 0 aromatic rings. The normalized spacial score (nSPS) is 29.6. The van der Waals surface area contributed by atoms with E-state index in [2.05, 4.69) is 13.2 Å². The molecule has 3 unspecified atom stereocenters. The molecule has 2 saturated heterocycles. The van der Waals surface area contributed by atoms with Gasteiger partial charge in [0.25, 0.3) is 0 Å². The van der Waals surface area contributed by atoms with Crippen molar-refractivity contribution in [1.29, 1.82) is 0 Å². The first-order chi connectivity index (χ1) is 10.9. The third kappa shape index (κ3) is 2.94. The van der Waals surface area contributed by atoms with Crippen molar-refractivity contribution in [1.82, 2.24) is 4.90 Å². The van der Waals surface area contributed by atoms with Crippen LogP contribution in [0.4, 0.5) is 0 Å². The Balaban J connectivity index is 2.19. The van der Waals surface area contributed by atoms with Gasteiger partial charge in [-0.1, -0.05) is 12.7 Å². The molecule has 3 atom stereocenters. The van der Waals surface area contributed by atoms with E-state index in [1.165, 1.54) is 13.0 Å². The summed E-state index contributed by atoms with van der Waals surface area (Å²) in [7, 11) is 0. The Morgan fingerprint density at radius 3 is 2.78 bits per heavy atom. The Morgan fingerprint density at radius 2 is 2.22 bits per heavy atom. The van der Waals surface area contributed by atoms with Crippen LogP contribution in [0.1, 0.15) is 13.3 Å². The molecule has 23 heavy (non-hydrogen) atoms. The third-order valence-electron chi connectivity index (χ3n) is 4.24. The Kier molecular flexibility index (Phi) is 5.01. The van der Waals surface area contributed by atoms with Crippen molar-refractivity contribution in [2.75, 3.05) is 26.4 Å². The number of imide groups is 1. The third-order valence-corrected chi connectivity index (χ3v) is 4.24. The highest BCUT2D eigenvalue weighted by Gasteiger charge is 2.62. The molecule has 0 spiro atoms. The van der Waals surface area contributed by atoms with Crippen molar-refractivity contribution in [3.63, 3.8) is 0 Å². The second kappa shape index (κ2) is 6.64. The van der Waals surface area contributed by atoms with Gasteiger partial charge in [-0.25, -0.2) is 4.79 Å². The number of aliphatic hydroxyl groups is 1. The quantitative estimate of drug-likeness (QED) is 0.308. The van der Waals surface area contributed by atoms with Crippen molar-refractivity contribution in [3.8, 4) is 0 Å². The molecular weight excluding hydrogens is 302 g/mol. The van der Waals surface area contributed by atoms with Crippen LogP contribution in [0.15, 0.2) is 24.8 Å². The molecular formula is C16H21NO6. The minimum absolute atomic E-state index is 0.0709. The molecule has 2 aliphatic heterocycles. The molecule has 0 aliphatic carbocycles. The maximum Gasteiger partial charge on any atom is 0.333 e. The Hall–Kier alpha value is -1.99. The summed E-state index contributed by atoms with van der Waals surface area (Å²) in [6.45, 7) is 8.63. The van der Waals surface area contributed by atoms with Gasteiger partial charge in [-0.05, 0) is 13.3 Å². The van der Waals surface area contributed by atoms with Crippen LogP contribution < -0.4 is 0 Å². The standard InChI is InChI=1S/C16H21NO6/c1-4-16(9-22-15(21)10(2)3)12-11(8-23-16)13(19)17(14(12)20)6-5-7-18/h4,11-12,18H,1-2,5-9H2,3H3. The van der Waals surface area contributed by atoms with Gasteiger partial charge in [0, 0.05) is 18.7 Å². The Bertz CT molecular complexity index is 557. The fraction of sp³-hybridized carbons (Fsp3) is 0.562. The molecule has 2 amide bonds. The van der Waals surface area contributed by atoms with E-state index in [9.17, 15) is 14.4 Å². The monoisotopic (exact) mass is 323 g/mol. The van der Waals surface area contributed by atoms with Gasteiger partial charge in [-0.2, -0.15) is 0 Å². The van der Waals surface area contributed by atoms with Crippen molar-refractivity contribution in [3.05, 3.63) is 24.8 Å². The molecule has 2 aliphatic rings. The number of esters is 1. The van der Waals surface area contributed by atoms with Gasteiger partial charge < -0.3 is 14.6 Å². The highest BCUT2D eigenvalue weighted by molar-refractivity contribution is 6.06. The number of fused-ring (bicyclic) bond motifs is 1. The maximum atomic E-state index is 12.6. The van der Waals surface area contributed by atoms with E-state index in [0.717, 1.165) is 4.90 Å². The highest BCUT2D eigenvalue weighted by Crippen LogP contribution is 2.44. The van der Waals surface area contributed by atoms with Crippen molar-refractivity contribution in [2.45, 2.75) is 18.9 Å². The van der Waals surface area contributed by atoms with Crippen molar-refractivity contribution in [2.24, 2.45) is 11.8 Å². The topological polar surface area (TPSA) is 93.1 Å². The molecule has 0 bridgehead atoms. The number of hydrogen-bond donors (Lipinski definition) is 1. The smallest absolute Gasteiger partial charge is 0.333 e. The molecule has 0 saturated carbocycles. The molecule has 2 heterocycles. The first-order valence-corrected chi connectivity index (χ1v) is 7.44. The summed E-state index contributed by atoms with van der Waals surface area (Å²) in [5.41, 5.74) is -0.978. The van der Waals surface area contributed by atoms with E-state index in [1.807, 2.05) is 0 Å². The van der Waals surface area contributed by atoms with Crippen LogP contribution in [0, 0.1) is 11.8 Å². The lowest BCUT2D eigenvalue weighted by atomic mass is 9.83. The lowest BCUT2D eigenvalue weighted by Gasteiger charge is -2.29. The second-order valence-electron chi connectivity index (χ2n) is 5.82. The summed E-state index contributed by atoms with van der Waals surface area (Å²) < 4.78 is 10.8. The average Bonchev–Trinajstić information content (AvgIpc) is 3.02. The second-order valence-corrected chi connectivity index (χ2v) is 5.82. The van der Waals surface area contributed by atoms with Crippen molar-refractivity contribution >= 4 is 17.8 Å². The van der Waals surface area contributed by atoms with Gasteiger partial charge in [0.2, 0.25) is 11.8 Å². The number of carbonyl (C=O) groups excluding carboxylic acids is 3. The van der Waals surface area contributed by atoms with Gasteiger partial charge in [0.05, 0.1) is 18.4 Å². The summed E-state index contributed by atoms with van der Waals surface area (Å²) in [5, 5.41) is 8.89. The zero-order chi connectivity index (χ0) is 17.2. The number of nitrogens with zero attached hydrogens (tertiary/aromatic N) is 1. The van der Waals surface area contributed by atoms with E-state index >= 15 is 0 Å². The Morgan fingerprint density at radius 1 is 1.52 bits per heavy atom.